The maximum Gasteiger partial charge on any atom is 0.407 e. The van der Waals surface area contributed by atoms with E-state index in [0.717, 1.165) is 29.5 Å². The number of nitrogens with one attached hydrogen (secondary N) is 1. The molecule has 0 aliphatic carbocycles. The van der Waals surface area contributed by atoms with Gasteiger partial charge in [-0.2, -0.15) is 0 Å². The van der Waals surface area contributed by atoms with Crippen molar-refractivity contribution >= 4 is 18.0 Å². The van der Waals surface area contributed by atoms with Crippen LogP contribution in [0.25, 0.3) is 0 Å². The maximum atomic E-state index is 12.3. The topological polar surface area (TPSA) is 102 Å². The smallest absolute Gasteiger partial charge is 0.407 e. The molecule has 166 valence electrons. The van der Waals surface area contributed by atoms with Crippen molar-refractivity contribution in [2.75, 3.05) is 13.2 Å². The Balaban J connectivity index is 1.93. The number of carbonyl (C=O) groups excluding carboxylic acids is 2. The van der Waals surface area contributed by atoms with Gasteiger partial charge >= 0.3 is 18.0 Å². The number of esters is 1. The number of hydrogen-bond donors (Lipinski definition) is 2. The van der Waals surface area contributed by atoms with Gasteiger partial charge in [0.2, 0.25) is 0 Å². The van der Waals surface area contributed by atoms with Crippen molar-refractivity contribution in [3.05, 3.63) is 70.3 Å². The van der Waals surface area contributed by atoms with Crippen molar-refractivity contribution in [1.82, 2.24) is 5.32 Å². The summed E-state index contributed by atoms with van der Waals surface area (Å²) in [5.41, 5.74) is 3.71. The summed E-state index contributed by atoms with van der Waals surface area (Å²) in [4.78, 5) is 35.6. The van der Waals surface area contributed by atoms with Gasteiger partial charge in [-0.25, -0.2) is 9.59 Å². The fraction of sp³-hybridized carbons (Fsp3) is 0.375. The summed E-state index contributed by atoms with van der Waals surface area (Å²) in [6.07, 6.45) is 1.03. The van der Waals surface area contributed by atoms with Gasteiger partial charge in [-0.1, -0.05) is 55.3 Å². The zero-order valence-electron chi connectivity index (χ0n) is 18.1. The van der Waals surface area contributed by atoms with Crippen LogP contribution in [0.4, 0.5) is 4.79 Å². The van der Waals surface area contributed by atoms with Gasteiger partial charge < -0.3 is 19.9 Å². The number of carboxylic acids is 1. The fourth-order valence-corrected chi connectivity index (χ4v) is 3.01. The molecule has 2 aromatic carbocycles. The van der Waals surface area contributed by atoms with Gasteiger partial charge in [0.15, 0.2) is 0 Å². The zero-order valence-corrected chi connectivity index (χ0v) is 18.1. The van der Waals surface area contributed by atoms with Crippen LogP contribution in [0.5, 0.6) is 0 Å². The molecule has 2 N–H and O–H groups in total. The number of hydrogen-bond acceptors (Lipinski definition) is 5. The molecule has 0 bridgehead atoms. The van der Waals surface area contributed by atoms with E-state index in [0.29, 0.717) is 17.7 Å². The van der Waals surface area contributed by atoms with E-state index in [4.69, 9.17) is 9.47 Å². The number of unbranched alkanes of at least 4 members (excludes halogenated alkanes) is 1. The Morgan fingerprint density at radius 2 is 1.74 bits per heavy atom. The molecule has 31 heavy (non-hydrogen) atoms. The molecule has 0 fully saturated rings. The van der Waals surface area contributed by atoms with E-state index in [9.17, 15) is 19.5 Å². The van der Waals surface area contributed by atoms with Crippen LogP contribution in [0.1, 0.15) is 58.3 Å². The molecular formula is C24H29NO6. The second-order valence-corrected chi connectivity index (χ2v) is 7.40. The first kappa shape index (κ1) is 23.9. The van der Waals surface area contributed by atoms with E-state index >= 15 is 0 Å². The summed E-state index contributed by atoms with van der Waals surface area (Å²) in [7, 11) is 0. The average molecular weight is 427 g/mol. The minimum Gasteiger partial charge on any atom is -0.481 e. The summed E-state index contributed by atoms with van der Waals surface area (Å²) < 4.78 is 10.4. The van der Waals surface area contributed by atoms with E-state index in [1.165, 1.54) is 0 Å². The minimum absolute atomic E-state index is 0.0756. The number of rotatable bonds is 10. The normalized spacial score (nSPS) is 11.5. The van der Waals surface area contributed by atoms with Crippen molar-refractivity contribution in [3.63, 3.8) is 0 Å². The summed E-state index contributed by atoms with van der Waals surface area (Å²) in [6.45, 7) is 6.09. The molecule has 0 aliphatic heterocycles. The van der Waals surface area contributed by atoms with Crippen molar-refractivity contribution in [2.45, 2.75) is 46.1 Å². The molecule has 7 heteroatoms. The molecule has 0 aromatic heterocycles. The van der Waals surface area contributed by atoms with Crippen molar-refractivity contribution in [1.29, 1.82) is 0 Å². The summed E-state index contributed by atoms with van der Waals surface area (Å²) in [5, 5.41) is 12.0. The number of amides is 1. The summed E-state index contributed by atoms with van der Waals surface area (Å²) in [5.74, 6) is -2.37. The van der Waals surface area contributed by atoms with E-state index < -0.39 is 23.9 Å². The molecule has 0 spiro atoms. The molecule has 2 aromatic rings. The zero-order chi connectivity index (χ0) is 22.8. The number of alkyl carbamates (subject to hydrolysis) is 1. The van der Waals surface area contributed by atoms with E-state index in [1.807, 2.05) is 32.9 Å². The van der Waals surface area contributed by atoms with Gasteiger partial charge in [-0.15, -0.1) is 0 Å². The van der Waals surface area contributed by atoms with Crippen molar-refractivity contribution in [2.24, 2.45) is 0 Å². The standard InChI is InChI=1S/C24H29NO6/c1-4-5-12-30-24(29)25-14-21(22(26)27)19-9-7-18(8-10-19)15-31-23(28)20-11-6-16(2)13-17(20)3/h6-11,13,21H,4-5,12,14-15H2,1-3H3,(H,25,29)(H,26,27). The van der Waals surface area contributed by atoms with E-state index in [2.05, 4.69) is 5.32 Å². The average Bonchev–Trinajstić information content (AvgIpc) is 2.73. The van der Waals surface area contributed by atoms with Gasteiger partial charge in [-0.3, -0.25) is 4.79 Å². The molecule has 0 saturated carbocycles. The first-order valence-corrected chi connectivity index (χ1v) is 10.3. The van der Waals surface area contributed by atoms with Crippen LogP contribution in [-0.4, -0.2) is 36.3 Å². The minimum atomic E-state index is -1.05. The predicted octanol–water partition coefficient (Wildman–Crippen LogP) is 4.35. The van der Waals surface area contributed by atoms with Crippen LogP contribution >= 0.6 is 0 Å². The Morgan fingerprint density at radius 1 is 1.03 bits per heavy atom. The van der Waals surface area contributed by atoms with Crippen molar-refractivity contribution in [3.8, 4) is 0 Å². The number of aliphatic carboxylic acids is 1. The number of carboxylic acid groups (broad SMARTS) is 1. The third-order valence-corrected chi connectivity index (χ3v) is 4.83. The van der Waals surface area contributed by atoms with Gasteiger partial charge in [0.25, 0.3) is 0 Å². The lowest BCUT2D eigenvalue weighted by atomic mass is 9.98. The van der Waals surface area contributed by atoms with Gasteiger partial charge in [-0.05, 0) is 43.0 Å². The highest BCUT2D eigenvalue weighted by Gasteiger charge is 2.21. The highest BCUT2D eigenvalue weighted by molar-refractivity contribution is 5.91. The Hall–Kier alpha value is -3.35. The largest absolute Gasteiger partial charge is 0.481 e. The van der Waals surface area contributed by atoms with Crippen LogP contribution in [-0.2, 0) is 20.9 Å². The van der Waals surface area contributed by atoms with Gasteiger partial charge in [0, 0.05) is 6.54 Å². The summed E-state index contributed by atoms with van der Waals surface area (Å²) in [6, 6.07) is 12.3. The molecule has 0 aliphatic rings. The molecular weight excluding hydrogens is 398 g/mol. The van der Waals surface area contributed by atoms with Crippen molar-refractivity contribution < 1.29 is 29.0 Å². The second kappa shape index (κ2) is 11.7. The Bertz CT molecular complexity index is 907. The third-order valence-electron chi connectivity index (χ3n) is 4.83. The number of aryl methyl sites for hydroxylation is 2. The number of benzene rings is 2. The quantitative estimate of drug-likeness (QED) is 0.432. The Morgan fingerprint density at radius 3 is 2.35 bits per heavy atom. The Labute approximate surface area is 182 Å². The van der Waals surface area contributed by atoms with Crippen LogP contribution < -0.4 is 5.32 Å². The lowest BCUT2D eigenvalue weighted by Gasteiger charge is -2.15. The summed E-state index contributed by atoms with van der Waals surface area (Å²) >= 11 is 0. The van der Waals surface area contributed by atoms with Crippen LogP contribution in [0.2, 0.25) is 0 Å². The highest BCUT2D eigenvalue weighted by atomic mass is 16.5. The molecule has 1 amide bonds. The molecule has 0 saturated heterocycles. The monoisotopic (exact) mass is 427 g/mol. The van der Waals surface area contributed by atoms with Gasteiger partial charge in [0.05, 0.1) is 18.1 Å². The second-order valence-electron chi connectivity index (χ2n) is 7.40. The number of ether oxygens (including phenoxy) is 2. The lowest BCUT2D eigenvalue weighted by molar-refractivity contribution is -0.138. The lowest BCUT2D eigenvalue weighted by Crippen LogP contribution is -2.32. The third kappa shape index (κ3) is 7.44. The van der Waals surface area contributed by atoms with Crippen LogP contribution in [0.3, 0.4) is 0 Å². The molecule has 1 unspecified atom stereocenters. The maximum absolute atomic E-state index is 12.3. The van der Waals surface area contributed by atoms with E-state index in [1.54, 1.807) is 30.3 Å². The number of carbonyl (C=O) groups is 3. The first-order valence-electron chi connectivity index (χ1n) is 10.3. The molecule has 7 nitrogen and oxygen atoms in total. The Kier molecular flexibility index (Phi) is 9.06. The van der Waals surface area contributed by atoms with Crippen LogP contribution in [0.15, 0.2) is 42.5 Å². The molecule has 0 heterocycles. The van der Waals surface area contributed by atoms with E-state index in [-0.39, 0.29) is 13.2 Å². The van der Waals surface area contributed by atoms with Crippen LogP contribution in [0, 0.1) is 13.8 Å². The fourth-order valence-electron chi connectivity index (χ4n) is 3.01. The molecule has 2 rings (SSSR count). The first-order chi connectivity index (χ1) is 14.8. The van der Waals surface area contributed by atoms with Gasteiger partial charge in [0.1, 0.15) is 6.61 Å². The SMILES string of the molecule is CCCCOC(=O)NCC(C(=O)O)c1ccc(COC(=O)c2ccc(C)cc2C)cc1. The molecule has 0 radical (unpaired) electrons. The predicted molar refractivity (Wildman–Crippen MR) is 116 cm³/mol. The highest BCUT2D eigenvalue weighted by Crippen LogP contribution is 2.18. The molecule has 1 atom stereocenters.